The maximum absolute atomic E-state index is 11.3. The van der Waals surface area contributed by atoms with Crippen molar-refractivity contribution < 1.29 is 21.9 Å². The lowest BCUT2D eigenvalue weighted by Gasteiger charge is -2.00. The fourth-order valence-electron chi connectivity index (χ4n) is 0.183. The van der Waals surface area contributed by atoms with Crippen LogP contribution in [-0.4, -0.2) is 21.3 Å². The average Bonchev–Trinajstić information content (AvgIpc) is 1.59. The van der Waals surface area contributed by atoms with Gasteiger partial charge in [0.25, 0.3) is 0 Å². The zero-order valence-corrected chi connectivity index (χ0v) is 6.88. The molecule has 0 aliphatic rings. The first-order chi connectivity index (χ1) is 3.92. The Labute approximate surface area is 63.3 Å². The number of carbonyl (C=O) groups is 1. The summed E-state index contributed by atoms with van der Waals surface area (Å²) in [5, 5.41) is 0. The maximum atomic E-state index is 11.3. The smallest absolute Gasteiger partial charge is 0.460 e. The minimum atomic E-state index is -5.66. The predicted molar refractivity (Wildman–Crippen MR) is 33.0 cm³/mol. The zero-order chi connectivity index (χ0) is 7.49. The molecule has 0 aliphatic heterocycles. The number of hydrogen-bond acceptors (Lipinski definition) is 2. The van der Waals surface area contributed by atoms with Crippen LogP contribution in [0.1, 0.15) is 6.92 Å². The van der Waals surface area contributed by atoms with Gasteiger partial charge in [-0.3, -0.25) is 4.79 Å². The SMILES string of the molecule is CC(=O)OC[Si](F)(F)F.Cl. The van der Waals surface area contributed by atoms with Crippen LogP contribution < -0.4 is 0 Å². The van der Waals surface area contributed by atoms with E-state index in [-0.39, 0.29) is 12.4 Å². The summed E-state index contributed by atoms with van der Waals surface area (Å²) >= 11 is 0. The van der Waals surface area contributed by atoms with Gasteiger partial charge in [-0.15, -0.1) is 12.4 Å². The molecule has 62 valence electrons. The van der Waals surface area contributed by atoms with Crippen LogP contribution in [0.5, 0.6) is 0 Å². The average molecular weight is 195 g/mol. The minimum absolute atomic E-state index is 0. The predicted octanol–water partition coefficient (Wildman–Crippen LogP) is 1.36. The van der Waals surface area contributed by atoms with E-state index in [4.69, 9.17) is 0 Å². The second-order valence-corrected chi connectivity index (χ2v) is 2.91. The summed E-state index contributed by atoms with van der Waals surface area (Å²) in [7, 11) is -5.66. The van der Waals surface area contributed by atoms with Crippen molar-refractivity contribution in [1.29, 1.82) is 0 Å². The van der Waals surface area contributed by atoms with Crippen molar-refractivity contribution in [1.82, 2.24) is 0 Å². The molecule has 0 unspecified atom stereocenters. The summed E-state index contributed by atoms with van der Waals surface area (Å²) in [6.45, 7) is 0.945. The van der Waals surface area contributed by atoms with Gasteiger partial charge in [-0.2, -0.15) is 0 Å². The number of esters is 1. The Hall–Kier alpha value is -0.233. The molecule has 0 amide bonds. The van der Waals surface area contributed by atoms with E-state index in [1.54, 1.807) is 0 Å². The molecular weight excluding hydrogens is 189 g/mol. The molecule has 0 aliphatic carbocycles. The van der Waals surface area contributed by atoms with Gasteiger partial charge >= 0.3 is 15.0 Å². The molecule has 0 aromatic heterocycles. The molecule has 0 bridgehead atoms. The van der Waals surface area contributed by atoms with Crippen molar-refractivity contribution in [3.63, 3.8) is 0 Å². The van der Waals surface area contributed by atoms with Crippen molar-refractivity contribution in [2.75, 3.05) is 6.23 Å². The number of halogens is 4. The summed E-state index contributed by atoms with van der Waals surface area (Å²) in [6, 6.07) is 0. The van der Waals surface area contributed by atoms with Crippen LogP contribution in [-0.2, 0) is 9.53 Å². The molecular formula is C3H6ClF3O2Si. The van der Waals surface area contributed by atoms with Crippen molar-refractivity contribution >= 4 is 27.5 Å². The first kappa shape index (κ1) is 12.4. The first-order valence-electron chi connectivity index (χ1n) is 2.12. The van der Waals surface area contributed by atoms with E-state index >= 15 is 0 Å². The second-order valence-electron chi connectivity index (χ2n) is 1.40. The fraction of sp³-hybridized carbons (Fsp3) is 0.667. The Morgan fingerprint density at radius 1 is 1.50 bits per heavy atom. The van der Waals surface area contributed by atoms with Gasteiger partial charge in [0.05, 0.1) is 0 Å². The van der Waals surface area contributed by atoms with Gasteiger partial charge in [0.15, 0.2) is 6.23 Å². The Morgan fingerprint density at radius 3 is 2.00 bits per heavy atom. The zero-order valence-electron chi connectivity index (χ0n) is 5.07. The van der Waals surface area contributed by atoms with Crippen molar-refractivity contribution in [3.8, 4) is 0 Å². The highest BCUT2D eigenvalue weighted by Crippen LogP contribution is 2.07. The molecule has 0 saturated heterocycles. The standard InChI is InChI=1S/C3H5F3O2Si.ClH/c1-3(7)8-2-9(4,5)6;/h2H2,1H3;1H. The second kappa shape index (κ2) is 4.56. The van der Waals surface area contributed by atoms with E-state index in [1.807, 2.05) is 0 Å². The van der Waals surface area contributed by atoms with Crippen LogP contribution in [0.3, 0.4) is 0 Å². The first-order valence-corrected chi connectivity index (χ1v) is 3.96. The van der Waals surface area contributed by atoms with Gasteiger partial charge in [-0.1, -0.05) is 0 Å². The molecule has 10 heavy (non-hydrogen) atoms. The number of carbonyl (C=O) groups excluding carboxylic acids is 1. The van der Waals surface area contributed by atoms with Crippen LogP contribution in [0.4, 0.5) is 12.3 Å². The summed E-state index contributed by atoms with van der Waals surface area (Å²) in [5.41, 5.74) is 0. The summed E-state index contributed by atoms with van der Waals surface area (Å²) < 4.78 is 37.5. The number of ether oxygens (including phenoxy) is 1. The van der Waals surface area contributed by atoms with Gasteiger partial charge in [-0.25, -0.2) is 12.3 Å². The van der Waals surface area contributed by atoms with Gasteiger partial charge in [0.1, 0.15) is 0 Å². The molecule has 7 heteroatoms. The summed E-state index contributed by atoms with van der Waals surface area (Å²) in [4.78, 5) is 9.79. The van der Waals surface area contributed by atoms with Crippen LogP contribution in [0, 0.1) is 0 Å². The van der Waals surface area contributed by atoms with Crippen LogP contribution in [0.25, 0.3) is 0 Å². The van der Waals surface area contributed by atoms with E-state index in [9.17, 15) is 17.1 Å². The molecule has 2 nitrogen and oxygen atoms in total. The largest absolute Gasteiger partial charge is 0.656 e. The molecule has 0 aromatic carbocycles. The van der Waals surface area contributed by atoms with Crippen molar-refractivity contribution in [3.05, 3.63) is 0 Å². The van der Waals surface area contributed by atoms with E-state index in [1.165, 1.54) is 0 Å². The highest BCUT2D eigenvalue weighted by molar-refractivity contribution is 6.58. The molecule has 0 atom stereocenters. The Kier molecular flexibility index (Phi) is 5.68. The van der Waals surface area contributed by atoms with Crippen LogP contribution in [0.15, 0.2) is 0 Å². The molecule has 0 saturated carbocycles. The molecule has 0 radical (unpaired) electrons. The maximum Gasteiger partial charge on any atom is 0.656 e. The highest BCUT2D eigenvalue weighted by Gasteiger charge is 2.38. The van der Waals surface area contributed by atoms with E-state index < -0.39 is 21.3 Å². The number of hydrogen-bond donors (Lipinski definition) is 0. The lowest BCUT2D eigenvalue weighted by atomic mass is 10.8. The Bertz CT molecular complexity index is 115. The Balaban J connectivity index is 0. The molecule has 0 heterocycles. The number of rotatable bonds is 2. The lowest BCUT2D eigenvalue weighted by Crippen LogP contribution is -2.25. The van der Waals surface area contributed by atoms with Crippen molar-refractivity contribution in [2.45, 2.75) is 6.92 Å². The molecule has 0 N–H and O–H groups in total. The summed E-state index contributed by atoms with van der Waals surface area (Å²) in [5.74, 6) is -0.889. The molecule has 0 aromatic rings. The minimum Gasteiger partial charge on any atom is -0.460 e. The van der Waals surface area contributed by atoms with Crippen LogP contribution >= 0.6 is 12.4 Å². The van der Waals surface area contributed by atoms with Crippen molar-refractivity contribution in [2.24, 2.45) is 0 Å². The molecule has 0 rings (SSSR count). The van der Waals surface area contributed by atoms with E-state index in [0.717, 1.165) is 6.92 Å². The Morgan fingerprint density at radius 2 is 1.90 bits per heavy atom. The normalized spacial score (nSPS) is 10.0. The third-order valence-corrected chi connectivity index (χ3v) is 0.911. The van der Waals surface area contributed by atoms with E-state index in [0.29, 0.717) is 0 Å². The third kappa shape index (κ3) is 10.7. The van der Waals surface area contributed by atoms with E-state index in [2.05, 4.69) is 4.74 Å². The molecule has 0 spiro atoms. The van der Waals surface area contributed by atoms with Crippen LogP contribution in [0.2, 0.25) is 0 Å². The third-order valence-electron chi connectivity index (χ3n) is 0.439. The molecule has 0 fully saturated rings. The topological polar surface area (TPSA) is 26.3 Å². The quantitative estimate of drug-likeness (QED) is 0.377. The van der Waals surface area contributed by atoms with Gasteiger partial charge in [0.2, 0.25) is 0 Å². The van der Waals surface area contributed by atoms with Gasteiger partial charge in [-0.05, 0) is 0 Å². The highest BCUT2D eigenvalue weighted by atomic mass is 35.5. The monoisotopic (exact) mass is 194 g/mol. The fourth-order valence-corrected chi connectivity index (χ4v) is 0.550. The lowest BCUT2D eigenvalue weighted by molar-refractivity contribution is -0.139. The summed E-state index contributed by atoms with van der Waals surface area (Å²) in [6.07, 6.45) is -1.36. The van der Waals surface area contributed by atoms with Gasteiger partial charge < -0.3 is 4.74 Å². The van der Waals surface area contributed by atoms with Gasteiger partial charge in [0, 0.05) is 6.92 Å².